The molecule has 6 heteroatoms. The smallest absolute Gasteiger partial charge is 0.260 e. The van der Waals surface area contributed by atoms with Crippen LogP contribution in [0.15, 0.2) is 48.2 Å². The molecule has 1 amide bonds. The molecular formula is C18H18N4OS. The largest absolute Gasteiger partial charge is 0.298 e. The zero-order valence-corrected chi connectivity index (χ0v) is 14.4. The minimum atomic E-state index is -0.222. The lowest BCUT2D eigenvalue weighted by atomic mass is 10.1. The van der Waals surface area contributed by atoms with Crippen molar-refractivity contribution in [2.45, 2.75) is 26.2 Å². The minimum Gasteiger partial charge on any atom is -0.298 e. The molecule has 1 aromatic carbocycles. The molecule has 0 aliphatic carbocycles. The van der Waals surface area contributed by atoms with E-state index in [0.717, 1.165) is 17.8 Å². The summed E-state index contributed by atoms with van der Waals surface area (Å²) in [5, 5.41) is 5.40. The van der Waals surface area contributed by atoms with Crippen molar-refractivity contribution < 1.29 is 4.79 Å². The molecule has 122 valence electrons. The third kappa shape index (κ3) is 3.83. The zero-order chi connectivity index (χ0) is 16.9. The van der Waals surface area contributed by atoms with Crippen LogP contribution in [0.3, 0.4) is 0 Å². The maximum Gasteiger partial charge on any atom is 0.260 e. The van der Waals surface area contributed by atoms with E-state index < -0.39 is 0 Å². The van der Waals surface area contributed by atoms with E-state index >= 15 is 0 Å². The highest BCUT2D eigenvalue weighted by molar-refractivity contribution is 7.14. The van der Waals surface area contributed by atoms with Crippen LogP contribution in [0.2, 0.25) is 0 Å². The number of nitrogens with one attached hydrogen (secondary N) is 1. The van der Waals surface area contributed by atoms with Gasteiger partial charge >= 0.3 is 0 Å². The fourth-order valence-corrected chi connectivity index (χ4v) is 3.09. The van der Waals surface area contributed by atoms with Crippen LogP contribution in [-0.2, 0) is 6.42 Å². The second kappa shape index (κ2) is 7.31. The summed E-state index contributed by atoms with van der Waals surface area (Å²) in [5.41, 5.74) is 3.37. The van der Waals surface area contributed by atoms with Gasteiger partial charge in [0.2, 0.25) is 0 Å². The van der Waals surface area contributed by atoms with Crippen molar-refractivity contribution in [3.8, 4) is 0 Å². The van der Waals surface area contributed by atoms with Crippen LogP contribution >= 0.6 is 11.3 Å². The number of rotatable bonds is 5. The fraction of sp³-hybridized carbons (Fsp3) is 0.222. The van der Waals surface area contributed by atoms with E-state index in [1.165, 1.54) is 23.2 Å². The molecule has 3 rings (SSSR count). The molecule has 0 aliphatic rings. The molecule has 0 unspecified atom stereocenters. The highest BCUT2D eigenvalue weighted by Gasteiger charge is 2.16. The van der Waals surface area contributed by atoms with Gasteiger partial charge in [0.15, 0.2) is 5.13 Å². The van der Waals surface area contributed by atoms with Crippen LogP contribution in [0.1, 0.15) is 47.1 Å². The van der Waals surface area contributed by atoms with Crippen LogP contribution in [0.25, 0.3) is 0 Å². The van der Waals surface area contributed by atoms with Gasteiger partial charge in [-0.25, -0.2) is 15.0 Å². The average Bonchev–Trinajstić information content (AvgIpc) is 3.02. The first-order chi connectivity index (χ1) is 11.6. The molecule has 1 N–H and O–H groups in total. The van der Waals surface area contributed by atoms with Crippen molar-refractivity contribution in [3.63, 3.8) is 0 Å². The molecule has 5 nitrogen and oxygen atoms in total. The SMILES string of the molecule is CC(C)c1ncncc1C(=O)Nc1nc(Cc2ccccc2)cs1. The predicted octanol–water partition coefficient (Wildman–Crippen LogP) is 3.90. The number of benzene rings is 1. The van der Waals surface area contributed by atoms with Crippen LogP contribution in [-0.4, -0.2) is 20.9 Å². The maximum absolute atomic E-state index is 12.5. The molecule has 24 heavy (non-hydrogen) atoms. The quantitative estimate of drug-likeness (QED) is 0.766. The standard InChI is InChI=1S/C18H18N4OS/c1-12(2)16-15(9-19-11-20-16)17(23)22-18-21-14(10-24-18)8-13-6-4-3-5-7-13/h3-7,9-12H,8H2,1-2H3,(H,21,22,23). The molecule has 0 aliphatic heterocycles. The molecule has 2 heterocycles. The van der Waals surface area contributed by atoms with Crippen LogP contribution < -0.4 is 5.32 Å². The van der Waals surface area contributed by atoms with Gasteiger partial charge in [0.25, 0.3) is 5.91 Å². The summed E-state index contributed by atoms with van der Waals surface area (Å²) in [4.78, 5) is 25.1. The van der Waals surface area contributed by atoms with Crippen molar-refractivity contribution in [2.75, 3.05) is 5.32 Å². The number of aromatic nitrogens is 3. The average molecular weight is 338 g/mol. The van der Waals surface area contributed by atoms with Crippen molar-refractivity contribution in [1.29, 1.82) is 0 Å². The fourth-order valence-electron chi connectivity index (χ4n) is 2.39. The summed E-state index contributed by atoms with van der Waals surface area (Å²) in [6.45, 7) is 4.00. The third-order valence-corrected chi connectivity index (χ3v) is 4.34. The van der Waals surface area contributed by atoms with Crippen LogP contribution in [0.4, 0.5) is 5.13 Å². The number of hydrogen-bond donors (Lipinski definition) is 1. The van der Waals surface area contributed by atoms with Gasteiger partial charge in [-0.2, -0.15) is 0 Å². The highest BCUT2D eigenvalue weighted by Crippen LogP contribution is 2.21. The van der Waals surface area contributed by atoms with Gasteiger partial charge in [-0.15, -0.1) is 11.3 Å². The summed E-state index contributed by atoms with van der Waals surface area (Å²) < 4.78 is 0. The van der Waals surface area contributed by atoms with E-state index in [0.29, 0.717) is 10.7 Å². The first-order valence-electron chi connectivity index (χ1n) is 7.73. The third-order valence-electron chi connectivity index (χ3n) is 3.53. The number of thiazole rings is 1. The highest BCUT2D eigenvalue weighted by atomic mass is 32.1. The van der Waals surface area contributed by atoms with Crippen molar-refractivity contribution in [1.82, 2.24) is 15.0 Å². The summed E-state index contributed by atoms with van der Waals surface area (Å²) in [5.74, 6) is -0.0707. The molecule has 0 saturated heterocycles. The molecule has 0 radical (unpaired) electrons. The van der Waals surface area contributed by atoms with Crippen molar-refractivity contribution in [2.24, 2.45) is 0 Å². The van der Waals surface area contributed by atoms with E-state index in [2.05, 4.69) is 32.4 Å². The normalized spacial score (nSPS) is 10.8. The lowest BCUT2D eigenvalue weighted by molar-refractivity contribution is 0.102. The van der Waals surface area contributed by atoms with Gasteiger partial charge in [0.05, 0.1) is 17.0 Å². The summed E-state index contributed by atoms with van der Waals surface area (Å²) in [7, 11) is 0. The lowest BCUT2D eigenvalue weighted by Gasteiger charge is -2.09. The predicted molar refractivity (Wildman–Crippen MR) is 95.4 cm³/mol. The minimum absolute atomic E-state index is 0.152. The van der Waals surface area contributed by atoms with E-state index in [4.69, 9.17) is 0 Å². The Labute approximate surface area is 144 Å². The summed E-state index contributed by atoms with van der Waals surface area (Å²) >= 11 is 1.42. The summed E-state index contributed by atoms with van der Waals surface area (Å²) in [6.07, 6.45) is 3.77. The molecule has 2 aromatic heterocycles. The number of carbonyl (C=O) groups is 1. The van der Waals surface area contributed by atoms with Gasteiger partial charge in [-0.3, -0.25) is 10.1 Å². The Kier molecular flexibility index (Phi) is 4.96. The number of anilines is 1. The number of amides is 1. The molecule has 3 aromatic rings. The lowest BCUT2D eigenvalue weighted by Crippen LogP contribution is -2.16. The van der Waals surface area contributed by atoms with E-state index in [1.54, 1.807) is 6.20 Å². The maximum atomic E-state index is 12.5. The Hall–Kier alpha value is -2.60. The Morgan fingerprint density at radius 2 is 2.04 bits per heavy atom. The van der Waals surface area contributed by atoms with Crippen LogP contribution in [0.5, 0.6) is 0 Å². The zero-order valence-electron chi connectivity index (χ0n) is 13.6. The first-order valence-corrected chi connectivity index (χ1v) is 8.61. The molecule has 0 spiro atoms. The van der Waals surface area contributed by atoms with Crippen molar-refractivity contribution in [3.05, 3.63) is 70.8 Å². The van der Waals surface area contributed by atoms with E-state index in [-0.39, 0.29) is 11.8 Å². The Balaban J connectivity index is 1.72. The molecule has 0 fully saturated rings. The second-order valence-corrected chi connectivity index (χ2v) is 6.59. The van der Waals surface area contributed by atoms with Crippen molar-refractivity contribution >= 4 is 22.4 Å². The number of hydrogen-bond acceptors (Lipinski definition) is 5. The van der Waals surface area contributed by atoms with E-state index in [9.17, 15) is 4.79 Å². The van der Waals surface area contributed by atoms with Gasteiger partial charge < -0.3 is 0 Å². The Bertz CT molecular complexity index is 830. The molecular weight excluding hydrogens is 320 g/mol. The first kappa shape index (κ1) is 16.3. The van der Waals surface area contributed by atoms with Gasteiger partial charge in [0, 0.05) is 18.0 Å². The topological polar surface area (TPSA) is 67.8 Å². The Morgan fingerprint density at radius 3 is 2.79 bits per heavy atom. The number of carbonyl (C=O) groups excluding carboxylic acids is 1. The van der Waals surface area contributed by atoms with Gasteiger partial charge in [-0.05, 0) is 11.5 Å². The molecule has 0 saturated carbocycles. The summed E-state index contributed by atoms with van der Waals surface area (Å²) in [6, 6.07) is 10.1. The Morgan fingerprint density at radius 1 is 1.25 bits per heavy atom. The van der Waals surface area contributed by atoms with Crippen LogP contribution in [0, 0.1) is 0 Å². The van der Waals surface area contributed by atoms with Gasteiger partial charge in [0.1, 0.15) is 6.33 Å². The number of nitrogens with zero attached hydrogens (tertiary/aromatic N) is 3. The monoisotopic (exact) mass is 338 g/mol. The molecule has 0 bridgehead atoms. The molecule has 0 atom stereocenters. The second-order valence-electron chi connectivity index (χ2n) is 5.74. The van der Waals surface area contributed by atoms with Gasteiger partial charge in [-0.1, -0.05) is 44.2 Å². The van der Waals surface area contributed by atoms with E-state index in [1.807, 2.05) is 37.4 Å².